The zero-order valence-electron chi connectivity index (χ0n) is 8.53. The van der Waals surface area contributed by atoms with Crippen LogP contribution in [0.15, 0.2) is 4.73 Å². The lowest BCUT2D eigenvalue weighted by Gasteiger charge is -2.12. The first-order valence-corrected chi connectivity index (χ1v) is 5.62. The summed E-state index contributed by atoms with van der Waals surface area (Å²) < 4.78 is 2.71. The van der Waals surface area contributed by atoms with Gasteiger partial charge in [0.15, 0.2) is 10.4 Å². The number of carbonyl (C=O) groups is 1. The van der Waals surface area contributed by atoms with Crippen molar-refractivity contribution in [3.05, 3.63) is 16.1 Å². The van der Waals surface area contributed by atoms with Crippen LogP contribution in [0.4, 0.5) is 0 Å². The van der Waals surface area contributed by atoms with E-state index in [9.17, 15) is 4.79 Å². The van der Waals surface area contributed by atoms with Crippen molar-refractivity contribution in [1.29, 1.82) is 0 Å². The monoisotopic (exact) mass is 272 g/mol. The number of amides is 1. The summed E-state index contributed by atoms with van der Waals surface area (Å²) in [6.07, 6.45) is 1.05. The lowest BCUT2D eigenvalue weighted by Crippen LogP contribution is -2.21. The smallest absolute Gasteiger partial charge is 0.269 e. The van der Waals surface area contributed by atoms with Gasteiger partial charge in [0.1, 0.15) is 0 Å². The third-order valence-corrected chi connectivity index (χ3v) is 3.21. The highest BCUT2D eigenvalue weighted by atomic mass is 79.9. The van der Waals surface area contributed by atoms with Crippen molar-refractivity contribution in [3.8, 4) is 0 Å². The molecule has 2 heterocycles. The van der Waals surface area contributed by atoms with Gasteiger partial charge in [-0.25, -0.2) is 4.98 Å². The first-order valence-electron chi connectivity index (χ1n) is 4.83. The van der Waals surface area contributed by atoms with Crippen LogP contribution < -0.4 is 5.73 Å². The Balaban J connectivity index is 2.48. The zero-order valence-corrected chi connectivity index (χ0v) is 10.1. The minimum atomic E-state index is -0.459. The number of imidazole rings is 1. The molecule has 0 saturated carbocycles. The van der Waals surface area contributed by atoms with Crippen molar-refractivity contribution in [2.45, 2.75) is 19.5 Å². The second-order valence-electron chi connectivity index (χ2n) is 3.78. The maximum atomic E-state index is 11.2. The highest BCUT2D eigenvalue weighted by Crippen LogP contribution is 2.21. The summed E-state index contributed by atoms with van der Waals surface area (Å²) in [5, 5.41) is 0. The average Bonchev–Trinajstić information content (AvgIpc) is 2.36. The molecule has 82 valence electrons. The summed E-state index contributed by atoms with van der Waals surface area (Å²) in [7, 11) is 2.03. The number of nitrogens with two attached hydrogens (primary N) is 1. The molecule has 5 nitrogen and oxygen atoms in total. The van der Waals surface area contributed by atoms with Crippen LogP contribution in [-0.4, -0.2) is 34.0 Å². The van der Waals surface area contributed by atoms with Crippen molar-refractivity contribution in [1.82, 2.24) is 14.5 Å². The van der Waals surface area contributed by atoms with Crippen molar-refractivity contribution >= 4 is 21.8 Å². The van der Waals surface area contributed by atoms with Crippen LogP contribution in [0, 0.1) is 0 Å². The second-order valence-corrected chi connectivity index (χ2v) is 4.49. The fourth-order valence-corrected chi connectivity index (χ4v) is 2.44. The van der Waals surface area contributed by atoms with Crippen LogP contribution in [0.5, 0.6) is 0 Å². The van der Waals surface area contributed by atoms with E-state index in [4.69, 9.17) is 5.73 Å². The summed E-state index contributed by atoms with van der Waals surface area (Å²) in [5.41, 5.74) is 6.59. The number of hydrogen-bond donors (Lipinski definition) is 1. The molecule has 0 saturated heterocycles. The zero-order chi connectivity index (χ0) is 11.0. The van der Waals surface area contributed by atoms with Crippen molar-refractivity contribution in [3.63, 3.8) is 0 Å². The molecule has 15 heavy (non-hydrogen) atoms. The van der Waals surface area contributed by atoms with Gasteiger partial charge < -0.3 is 15.2 Å². The van der Waals surface area contributed by atoms with E-state index in [1.807, 2.05) is 11.6 Å². The average molecular weight is 273 g/mol. The maximum Gasteiger partial charge on any atom is 0.269 e. The first kappa shape index (κ1) is 10.6. The Morgan fingerprint density at radius 1 is 1.53 bits per heavy atom. The van der Waals surface area contributed by atoms with Gasteiger partial charge in [-0.15, -0.1) is 0 Å². The third kappa shape index (κ3) is 1.91. The van der Waals surface area contributed by atoms with Gasteiger partial charge in [-0.1, -0.05) is 0 Å². The molecule has 6 heteroatoms. The Morgan fingerprint density at radius 2 is 2.27 bits per heavy atom. The summed E-state index contributed by atoms with van der Waals surface area (Å²) in [5.74, 6) is -0.459. The van der Waals surface area contributed by atoms with Crippen LogP contribution in [0.2, 0.25) is 0 Å². The highest BCUT2D eigenvalue weighted by Gasteiger charge is 2.22. The van der Waals surface area contributed by atoms with Crippen LogP contribution in [-0.2, 0) is 13.1 Å². The summed E-state index contributed by atoms with van der Waals surface area (Å²) in [6, 6.07) is 0. The molecule has 1 aromatic heterocycles. The van der Waals surface area contributed by atoms with E-state index in [0.29, 0.717) is 10.4 Å². The van der Waals surface area contributed by atoms with Gasteiger partial charge in [0.25, 0.3) is 5.91 Å². The van der Waals surface area contributed by atoms with Gasteiger partial charge in [-0.2, -0.15) is 0 Å². The molecule has 0 atom stereocenters. The lowest BCUT2D eigenvalue weighted by molar-refractivity contribution is 0.0994. The van der Waals surface area contributed by atoms with Gasteiger partial charge in [0, 0.05) is 13.1 Å². The molecule has 1 aliphatic rings. The molecule has 0 spiro atoms. The molecule has 1 aliphatic heterocycles. The van der Waals surface area contributed by atoms with Gasteiger partial charge >= 0.3 is 0 Å². The second kappa shape index (κ2) is 3.94. The van der Waals surface area contributed by atoms with E-state index in [2.05, 4.69) is 25.8 Å². The fraction of sp³-hybridized carbons (Fsp3) is 0.556. The van der Waals surface area contributed by atoms with Gasteiger partial charge in [0.2, 0.25) is 0 Å². The van der Waals surface area contributed by atoms with Crippen LogP contribution in [0.25, 0.3) is 0 Å². The molecule has 1 aromatic rings. The minimum Gasteiger partial charge on any atom is -0.364 e. The lowest BCUT2D eigenvalue weighted by atomic mass is 10.3. The predicted molar refractivity (Wildman–Crippen MR) is 59.4 cm³/mol. The quantitative estimate of drug-likeness (QED) is 0.814. The van der Waals surface area contributed by atoms with E-state index in [-0.39, 0.29) is 0 Å². The molecule has 0 aromatic carbocycles. The summed E-state index contributed by atoms with van der Waals surface area (Å²) in [6.45, 7) is 2.61. The molecule has 0 bridgehead atoms. The van der Waals surface area contributed by atoms with E-state index >= 15 is 0 Å². The predicted octanol–water partition coefficient (Wildman–Crippen LogP) is 0.580. The molecule has 0 radical (unpaired) electrons. The van der Waals surface area contributed by atoms with Gasteiger partial charge in [0.05, 0.1) is 5.69 Å². The molecular formula is C9H13BrN4O. The van der Waals surface area contributed by atoms with Crippen molar-refractivity contribution in [2.75, 3.05) is 13.6 Å². The van der Waals surface area contributed by atoms with Gasteiger partial charge in [-0.3, -0.25) is 4.79 Å². The van der Waals surface area contributed by atoms with E-state index in [0.717, 1.165) is 31.7 Å². The summed E-state index contributed by atoms with van der Waals surface area (Å²) >= 11 is 3.35. The van der Waals surface area contributed by atoms with Crippen molar-refractivity contribution in [2.24, 2.45) is 5.73 Å². The van der Waals surface area contributed by atoms with Crippen LogP contribution in [0.1, 0.15) is 22.6 Å². The van der Waals surface area contributed by atoms with Gasteiger partial charge in [-0.05, 0) is 35.9 Å². The molecule has 2 rings (SSSR count). The Labute approximate surface area is 96.4 Å². The van der Waals surface area contributed by atoms with E-state index in [1.165, 1.54) is 0 Å². The third-order valence-electron chi connectivity index (χ3n) is 2.60. The van der Waals surface area contributed by atoms with Crippen LogP contribution >= 0.6 is 15.9 Å². The fourth-order valence-electron chi connectivity index (χ4n) is 1.87. The number of rotatable bonds is 1. The first-order chi connectivity index (χ1) is 7.09. The number of primary amides is 1. The normalized spacial score (nSPS) is 17.2. The molecule has 0 unspecified atom stereocenters. The number of carbonyl (C=O) groups excluding carboxylic acids is 1. The Hall–Kier alpha value is -0.880. The molecule has 0 fully saturated rings. The topological polar surface area (TPSA) is 64.2 Å². The van der Waals surface area contributed by atoms with E-state index in [1.54, 1.807) is 0 Å². The molecule has 0 aliphatic carbocycles. The van der Waals surface area contributed by atoms with E-state index < -0.39 is 5.91 Å². The number of hydrogen-bond acceptors (Lipinski definition) is 3. The van der Waals surface area contributed by atoms with Crippen LogP contribution in [0.3, 0.4) is 0 Å². The van der Waals surface area contributed by atoms with Crippen molar-refractivity contribution < 1.29 is 4.79 Å². The Bertz CT molecular complexity index is 401. The maximum absolute atomic E-state index is 11.2. The largest absolute Gasteiger partial charge is 0.364 e. The number of aromatic nitrogens is 2. The SMILES string of the molecule is CN1CCCn2c(Br)nc(C(N)=O)c2C1. The standard InChI is InChI=1S/C9H13BrN4O/c1-13-3-2-4-14-6(5-13)7(8(11)15)12-9(14)10/h2-5H2,1H3,(H2,11,15). The highest BCUT2D eigenvalue weighted by molar-refractivity contribution is 9.10. The molecule has 1 amide bonds. The number of halogens is 1. The number of fused-ring (bicyclic) bond motifs is 1. The molecular weight excluding hydrogens is 260 g/mol. The Kier molecular flexibility index (Phi) is 2.79. The minimum absolute atomic E-state index is 0.385. The molecule has 2 N–H and O–H groups in total. The Morgan fingerprint density at radius 3 is 2.93 bits per heavy atom. The summed E-state index contributed by atoms with van der Waals surface area (Å²) in [4.78, 5) is 17.5. The number of nitrogens with zero attached hydrogens (tertiary/aromatic N) is 3.